The Morgan fingerprint density at radius 1 is 1.14 bits per heavy atom. The molecule has 0 amide bonds. The molecule has 0 aliphatic carbocycles. The molecule has 0 aromatic rings. The van der Waals surface area contributed by atoms with Crippen LogP contribution in [0.2, 0.25) is 0 Å². The van der Waals surface area contributed by atoms with Gasteiger partial charge in [0.1, 0.15) is 0 Å². The molecule has 0 aromatic carbocycles. The van der Waals surface area contributed by atoms with E-state index in [2.05, 4.69) is 0 Å². The molecule has 14 heavy (non-hydrogen) atoms. The maximum absolute atomic E-state index is 11.3. The van der Waals surface area contributed by atoms with Gasteiger partial charge in [-0.25, -0.2) is 4.79 Å². The standard InChI is InChI=1S/C8H10Cl2O3S/c9-3-1-5-7(11)12-6(2-4-10)8(14)13-5/h5-6H,1-4H2. The third kappa shape index (κ3) is 2.97. The summed E-state index contributed by atoms with van der Waals surface area (Å²) in [5, 5.41) is 0.292. The van der Waals surface area contributed by atoms with Crippen molar-refractivity contribution in [3.63, 3.8) is 0 Å². The maximum atomic E-state index is 11.3. The summed E-state index contributed by atoms with van der Waals surface area (Å²) >= 11 is 15.9. The van der Waals surface area contributed by atoms with Crippen molar-refractivity contribution < 1.29 is 14.3 Å². The highest BCUT2D eigenvalue weighted by Gasteiger charge is 2.34. The minimum Gasteiger partial charge on any atom is -0.468 e. The first-order valence-corrected chi connectivity index (χ1v) is 5.69. The van der Waals surface area contributed by atoms with Crippen LogP contribution in [0.1, 0.15) is 12.8 Å². The lowest BCUT2D eigenvalue weighted by atomic mass is 10.2. The van der Waals surface area contributed by atoms with Crippen LogP contribution in [0, 0.1) is 0 Å². The SMILES string of the molecule is O=C1OC(CCCl)C(=S)OC1CCCl. The van der Waals surface area contributed by atoms with E-state index in [1.54, 1.807) is 0 Å². The topological polar surface area (TPSA) is 35.5 Å². The Balaban J connectivity index is 2.53. The monoisotopic (exact) mass is 256 g/mol. The number of carbonyl (C=O) groups excluding carboxylic acids is 1. The third-order valence-electron chi connectivity index (χ3n) is 1.79. The van der Waals surface area contributed by atoms with Gasteiger partial charge < -0.3 is 9.47 Å². The molecule has 2 unspecified atom stereocenters. The number of rotatable bonds is 4. The quantitative estimate of drug-likeness (QED) is 0.437. The molecule has 1 aliphatic heterocycles. The second-order valence-electron chi connectivity index (χ2n) is 2.81. The first kappa shape index (κ1) is 12.0. The number of thiocarbonyl (C=S) groups is 1. The zero-order chi connectivity index (χ0) is 10.6. The fourth-order valence-electron chi connectivity index (χ4n) is 1.08. The van der Waals surface area contributed by atoms with Gasteiger partial charge >= 0.3 is 5.97 Å². The number of alkyl halides is 2. The van der Waals surface area contributed by atoms with E-state index < -0.39 is 18.2 Å². The highest BCUT2D eigenvalue weighted by molar-refractivity contribution is 7.80. The minimum absolute atomic E-state index is 0.292. The van der Waals surface area contributed by atoms with Crippen molar-refractivity contribution in [2.24, 2.45) is 0 Å². The highest BCUT2D eigenvalue weighted by atomic mass is 35.5. The number of halogens is 2. The van der Waals surface area contributed by atoms with Crippen molar-refractivity contribution in [2.45, 2.75) is 25.0 Å². The first-order chi connectivity index (χ1) is 6.69. The molecule has 1 rings (SSSR count). The van der Waals surface area contributed by atoms with Crippen LogP contribution in [0.5, 0.6) is 0 Å². The zero-order valence-electron chi connectivity index (χ0n) is 7.37. The summed E-state index contributed by atoms with van der Waals surface area (Å²) in [5.41, 5.74) is 0. The smallest absolute Gasteiger partial charge is 0.348 e. The Labute approximate surface area is 97.6 Å². The van der Waals surface area contributed by atoms with Crippen LogP contribution in [0.4, 0.5) is 0 Å². The normalized spacial score (nSPS) is 27.0. The summed E-state index contributed by atoms with van der Waals surface area (Å²) in [6.07, 6.45) is -0.235. The van der Waals surface area contributed by atoms with Gasteiger partial charge in [0.2, 0.25) is 5.05 Å². The van der Waals surface area contributed by atoms with Crippen LogP contribution in [-0.4, -0.2) is 35.0 Å². The van der Waals surface area contributed by atoms with E-state index in [0.29, 0.717) is 29.7 Å². The molecular formula is C8H10Cl2O3S. The predicted octanol–water partition coefficient (Wildman–Crippen LogP) is 1.88. The van der Waals surface area contributed by atoms with Gasteiger partial charge in [-0.05, 0) is 12.2 Å². The average Bonchev–Trinajstić information content (AvgIpc) is 2.14. The van der Waals surface area contributed by atoms with Gasteiger partial charge in [0.05, 0.1) is 0 Å². The summed E-state index contributed by atoms with van der Waals surface area (Å²) in [6, 6.07) is 0. The van der Waals surface area contributed by atoms with Gasteiger partial charge in [0.15, 0.2) is 12.2 Å². The lowest BCUT2D eigenvalue weighted by Crippen LogP contribution is -2.43. The number of hydrogen-bond donors (Lipinski definition) is 0. The van der Waals surface area contributed by atoms with Crippen LogP contribution in [-0.2, 0) is 14.3 Å². The van der Waals surface area contributed by atoms with Crippen molar-refractivity contribution in [3.8, 4) is 0 Å². The summed E-state index contributed by atoms with van der Waals surface area (Å²) in [4.78, 5) is 11.3. The molecule has 0 N–H and O–H groups in total. The highest BCUT2D eigenvalue weighted by Crippen LogP contribution is 2.17. The summed E-state index contributed by atoms with van der Waals surface area (Å²) in [7, 11) is 0. The maximum Gasteiger partial charge on any atom is 0.348 e. The van der Waals surface area contributed by atoms with Gasteiger partial charge in [-0.2, -0.15) is 0 Å². The van der Waals surface area contributed by atoms with Gasteiger partial charge in [0, 0.05) is 24.6 Å². The van der Waals surface area contributed by atoms with Crippen LogP contribution in [0.15, 0.2) is 0 Å². The molecule has 1 fully saturated rings. The van der Waals surface area contributed by atoms with Gasteiger partial charge in [-0.1, -0.05) is 0 Å². The van der Waals surface area contributed by atoms with Crippen LogP contribution >= 0.6 is 35.4 Å². The van der Waals surface area contributed by atoms with E-state index in [9.17, 15) is 4.79 Å². The van der Waals surface area contributed by atoms with E-state index >= 15 is 0 Å². The predicted molar refractivity (Wildman–Crippen MR) is 58.0 cm³/mol. The lowest BCUT2D eigenvalue weighted by molar-refractivity contribution is -0.161. The number of cyclic esters (lactones) is 1. The van der Waals surface area contributed by atoms with Gasteiger partial charge in [-0.15, -0.1) is 23.2 Å². The van der Waals surface area contributed by atoms with Crippen molar-refractivity contribution in [2.75, 3.05) is 11.8 Å². The molecule has 0 bridgehead atoms. The Morgan fingerprint density at radius 2 is 1.71 bits per heavy atom. The van der Waals surface area contributed by atoms with Gasteiger partial charge in [-0.3, -0.25) is 0 Å². The summed E-state index contributed by atoms with van der Waals surface area (Å²) in [6.45, 7) is 0. The fourth-order valence-corrected chi connectivity index (χ4v) is 1.76. The van der Waals surface area contributed by atoms with Crippen molar-refractivity contribution >= 4 is 46.4 Å². The average molecular weight is 257 g/mol. The van der Waals surface area contributed by atoms with E-state index in [-0.39, 0.29) is 0 Å². The second kappa shape index (κ2) is 5.73. The van der Waals surface area contributed by atoms with Crippen LogP contribution in [0.3, 0.4) is 0 Å². The number of carbonyl (C=O) groups is 1. The fraction of sp³-hybridized carbons (Fsp3) is 0.750. The Bertz CT molecular complexity index is 211. The molecular weight excluding hydrogens is 247 g/mol. The second-order valence-corrected chi connectivity index (χ2v) is 3.96. The largest absolute Gasteiger partial charge is 0.468 e. The molecule has 2 atom stereocenters. The molecule has 3 nitrogen and oxygen atoms in total. The molecule has 6 heteroatoms. The summed E-state index contributed by atoms with van der Waals surface area (Å²) in [5.74, 6) is 0.304. The molecule has 0 saturated carbocycles. The molecule has 1 saturated heterocycles. The molecule has 1 heterocycles. The molecule has 0 aromatic heterocycles. The number of hydrogen-bond acceptors (Lipinski definition) is 4. The number of esters is 1. The number of ether oxygens (including phenoxy) is 2. The summed E-state index contributed by atoms with van der Waals surface area (Å²) < 4.78 is 10.3. The van der Waals surface area contributed by atoms with E-state index in [1.807, 2.05) is 0 Å². The van der Waals surface area contributed by atoms with E-state index in [0.717, 1.165) is 0 Å². The Morgan fingerprint density at radius 3 is 2.29 bits per heavy atom. The Kier molecular flexibility index (Phi) is 4.92. The minimum atomic E-state index is -0.647. The molecule has 1 aliphatic rings. The van der Waals surface area contributed by atoms with Gasteiger partial charge in [0.25, 0.3) is 0 Å². The van der Waals surface area contributed by atoms with Crippen LogP contribution in [0.25, 0.3) is 0 Å². The van der Waals surface area contributed by atoms with Crippen LogP contribution < -0.4 is 0 Å². The third-order valence-corrected chi connectivity index (χ3v) is 2.58. The first-order valence-electron chi connectivity index (χ1n) is 4.22. The molecule has 0 spiro atoms. The zero-order valence-corrected chi connectivity index (χ0v) is 9.70. The van der Waals surface area contributed by atoms with Crippen molar-refractivity contribution in [3.05, 3.63) is 0 Å². The van der Waals surface area contributed by atoms with E-state index in [4.69, 9.17) is 44.9 Å². The van der Waals surface area contributed by atoms with Crippen molar-refractivity contribution in [1.29, 1.82) is 0 Å². The van der Waals surface area contributed by atoms with E-state index in [1.165, 1.54) is 0 Å². The molecule has 0 radical (unpaired) electrons. The molecule has 80 valence electrons. The Hall–Kier alpha value is -0.0600. The van der Waals surface area contributed by atoms with Crippen molar-refractivity contribution in [1.82, 2.24) is 0 Å². The lowest BCUT2D eigenvalue weighted by Gasteiger charge is -2.28.